The van der Waals surface area contributed by atoms with Gasteiger partial charge in [0.15, 0.2) is 0 Å². The predicted molar refractivity (Wildman–Crippen MR) is 58.7 cm³/mol. The van der Waals surface area contributed by atoms with Gasteiger partial charge < -0.3 is 9.84 Å². The lowest BCUT2D eigenvalue weighted by molar-refractivity contribution is -0.0128. The van der Waals surface area contributed by atoms with E-state index in [4.69, 9.17) is 4.74 Å². The molecule has 0 aliphatic carbocycles. The van der Waals surface area contributed by atoms with Gasteiger partial charge in [0.05, 0.1) is 18.4 Å². The summed E-state index contributed by atoms with van der Waals surface area (Å²) in [6, 6.07) is 0. The summed E-state index contributed by atoms with van der Waals surface area (Å²) in [5.74, 6) is 0. The van der Waals surface area contributed by atoms with E-state index in [-0.39, 0.29) is 6.10 Å². The van der Waals surface area contributed by atoms with Crippen LogP contribution >= 0.6 is 0 Å². The van der Waals surface area contributed by atoms with Gasteiger partial charge in [-0.2, -0.15) is 5.10 Å². The predicted octanol–water partition coefficient (Wildman–Crippen LogP) is 1.23. The van der Waals surface area contributed by atoms with Crippen molar-refractivity contribution in [3.05, 3.63) is 18.0 Å². The Morgan fingerprint density at radius 3 is 2.73 bits per heavy atom. The quantitative estimate of drug-likeness (QED) is 0.771. The van der Waals surface area contributed by atoms with Crippen LogP contribution < -0.4 is 0 Å². The highest BCUT2D eigenvalue weighted by molar-refractivity contribution is 5.05. The molecule has 1 N–H and O–H groups in total. The van der Waals surface area contributed by atoms with Crippen LogP contribution in [-0.4, -0.2) is 34.2 Å². The maximum Gasteiger partial charge on any atom is 0.0842 e. The Balaban J connectivity index is 2.53. The Morgan fingerprint density at radius 1 is 1.53 bits per heavy atom. The van der Waals surface area contributed by atoms with Gasteiger partial charge in [-0.25, -0.2) is 0 Å². The van der Waals surface area contributed by atoms with Gasteiger partial charge in [-0.05, 0) is 18.9 Å². The van der Waals surface area contributed by atoms with Crippen molar-refractivity contribution in [1.29, 1.82) is 0 Å². The van der Waals surface area contributed by atoms with Crippen LogP contribution in [0.4, 0.5) is 0 Å². The first-order chi connectivity index (χ1) is 7.21. The van der Waals surface area contributed by atoms with Crippen LogP contribution in [0.15, 0.2) is 12.4 Å². The molecule has 0 fully saturated rings. The normalized spacial score (nSPS) is 15.2. The Morgan fingerprint density at radius 2 is 2.27 bits per heavy atom. The van der Waals surface area contributed by atoms with E-state index in [1.165, 1.54) is 0 Å². The number of hydrogen-bond donors (Lipinski definition) is 1. The van der Waals surface area contributed by atoms with Crippen LogP contribution in [0.2, 0.25) is 0 Å². The number of methoxy groups -OCH3 is 1. The van der Waals surface area contributed by atoms with Crippen molar-refractivity contribution >= 4 is 0 Å². The van der Waals surface area contributed by atoms with Crippen LogP contribution in [0.5, 0.6) is 0 Å². The maximum atomic E-state index is 9.88. The molecule has 4 heteroatoms. The third-order valence-electron chi connectivity index (χ3n) is 2.59. The molecule has 0 spiro atoms. The van der Waals surface area contributed by atoms with E-state index < -0.39 is 6.10 Å². The van der Waals surface area contributed by atoms with Crippen molar-refractivity contribution in [3.63, 3.8) is 0 Å². The van der Waals surface area contributed by atoms with E-state index in [0.29, 0.717) is 6.42 Å². The molecule has 0 radical (unpaired) electrons. The summed E-state index contributed by atoms with van der Waals surface area (Å²) in [5, 5.41) is 14.0. The highest BCUT2D eigenvalue weighted by Crippen LogP contribution is 2.10. The van der Waals surface area contributed by atoms with Crippen molar-refractivity contribution < 1.29 is 9.84 Å². The molecule has 1 heterocycles. The van der Waals surface area contributed by atoms with Gasteiger partial charge in [-0.1, -0.05) is 6.92 Å². The lowest BCUT2D eigenvalue weighted by Gasteiger charge is -2.19. The van der Waals surface area contributed by atoms with Crippen molar-refractivity contribution in [3.8, 4) is 0 Å². The van der Waals surface area contributed by atoms with E-state index in [1.807, 2.05) is 24.7 Å². The molecule has 1 aromatic heterocycles. The summed E-state index contributed by atoms with van der Waals surface area (Å²) >= 11 is 0. The first kappa shape index (κ1) is 12.2. The van der Waals surface area contributed by atoms with E-state index >= 15 is 0 Å². The molecule has 86 valence electrons. The lowest BCUT2D eigenvalue weighted by atomic mass is 10.1. The Hall–Kier alpha value is -0.870. The average molecular weight is 212 g/mol. The van der Waals surface area contributed by atoms with E-state index in [1.54, 1.807) is 13.3 Å². The van der Waals surface area contributed by atoms with Gasteiger partial charge in [0.25, 0.3) is 0 Å². The number of rotatable bonds is 6. The minimum absolute atomic E-state index is 0.0880. The lowest BCUT2D eigenvalue weighted by Crippen LogP contribution is -2.29. The zero-order valence-electron chi connectivity index (χ0n) is 9.68. The molecule has 2 unspecified atom stereocenters. The van der Waals surface area contributed by atoms with Crippen molar-refractivity contribution in [2.45, 2.75) is 45.4 Å². The largest absolute Gasteiger partial charge is 0.390 e. The number of aromatic nitrogens is 2. The number of hydrogen-bond acceptors (Lipinski definition) is 3. The summed E-state index contributed by atoms with van der Waals surface area (Å²) < 4.78 is 7.05. The molecular weight excluding hydrogens is 192 g/mol. The molecule has 2 atom stereocenters. The SMILES string of the molecule is CCC(OC)C(O)Cc1cnn(CC)c1. The Labute approximate surface area is 90.9 Å². The molecular formula is C11H20N2O2. The van der Waals surface area contributed by atoms with Gasteiger partial charge in [0, 0.05) is 26.3 Å². The van der Waals surface area contributed by atoms with Crippen LogP contribution in [0.1, 0.15) is 25.8 Å². The molecule has 15 heavy (non-hydrogen) atoms. The number of aryl methyl sites for hydroxylation is 1. The van der Waals surface area contributed by atoms with Crippen LogP contribution in [0.3, 0.4) is 0 Å². The molecule has 0 aliphatic heterocycles. The minimum atomic E-state index is -0.450. The van der Waals surface area contributed by atoms with Gasteiger partial charge in [-0.15, -0.1) is 0 Å². The van der Waals surface area contributed by atoms with Gasteiger partial charge >= 0.3 is 0 Å². The van der Waals surface area contributed by atoms with Gasteiger partial charge in [-0.3, -0.25) is 4.68 Å². The number of aliphatic hydroxyl groups is 1. The Kier molecular flexibility index (Phi) is 4.78. The highest BCUT2D eigenvalue weighted by Gasteiger charge is 2.17. The highest BCUT2D eigenvalue weighted by atomic mass is 16.5. The average Bonchev–Trinajstić information content (AvgIpc) is 2.67. The number of ether oxygens (including phenoxy) is 1. The molecule has 0 bridgehead atoms. The second kappa shape index (κ2) is 5.88. The van der Waals surface area contributed by atoms with Gasteiger partial charge in [0.1, 0.15) is 0 Å². The number of nitrogens with zero attached hydrogens (tertiary/aromatic N) is 2. The third kappa shape index (κ3) is 3.32. The summed E-state index contributed by atoms with van der Waals surface area (Å²) in [6.07, 6.45) is 4.65. The molecule has 0 amide bonds. The molecule has 1 rings (SSSR count). The second-order valence-corrected chi connectivity index (χ2v) is 3.66. The summed E-state index contributed by atoms with van der Waals surface area (Å²) in [4.78, 5) is 0. The van der Waals surface area contributed by atoms with E-state index in [2.05, 4.69) is 5.10 Å². The molecule has 4 nitrogen and oxygen atoms in total. The molecule has 0 aromatic carbocycles. The van der Waals surface area contributed by atoms with Crippen molar-refractivity contribution in [2.24, 2.45) is 0 Å². The number of aliphatic hydroxyl groups excluding tert-OH is 1. The fraction of sp³-hybridized carbons (Fsp3) is 0.727. The van der Waals surface area contributed by atoms with Crippen molar-refractivity contribution in [2.75, 3.05) is 7.11 Å². The summed E-state index contributed by atoms with van der Waals surface area (Å²) in [7, 11) is 1.63. The van der Waals surface area contributed by atoms with Crippen LogP contribution in [0.25, 0.3) is 0 Å². The van der Waals surface area contributed by atoms with E-state index in [9.17, 15) is 5.11 Å². The zero-order chi connectivity index (χ0) is 11.3. The van der Waals surface area contributed by atoms with Crippen molar-refractivity contribution in [1.82, 2.24) is 9.78 Å². The summed E-state index contributed by atoms with van der Waals surface area (Å²) in [5.41, 5.74) is 1.06. The fourth-order valence-corrected chi connectivity index (χ4v) is 1.65. The molecule has 1 aromatic rings. The minimum Gasteiger partial charge on any atom is -0.390 e. The van der Waals surface area contributed by atoms with Crippen LogP contribution in [0, 0.1) is 0 Å². The first-order valence-electron chi connectivity index (χ1n) is 5.43. The smallest absolute Gasteiger partial charge is 0.0842 e. The van der Waals surface area contributed by atoms with E-state index in [0.717, 1.165) is 18.5 Å². The second-order valence-electron chi connectivity index (χ2n) is 3.66. The topological polar surface area (TPSA) is 47.3 Å². The first-order valence-corrected chi connectivity index (χ1v) is 5.43. The monoisotopic (exact) mass is 212 g/mol. The summed E-state index contributed by atoms with van der Waals surface area (Å²) in [6.45, 7) is 4.90. The third-order valence-corrected chi connectivity index (χ3v) is 2.59. The van der Waals surface area contributed by atoms with Crippen LogP contribution in [-0.2, 0) is 17.7 Å². The maximum absolute atomic E-state index is 9.88. The Bertz CT molecular complexity index is 282. The molecule has 0 aliphatic rings. The molecule has 0 saturated heterocycles. The fourth-order valence-electron chi connectivity index (χ4n) is 1.65. The standard InChI is InChI=1S/C11H20N2O2/c1-4-11(15-3)10(14)6-9-7-12-13(5-2)8-9/h7-8,10-11,14H,4-6H2,1-3H3. The molecule has 0 saturated carbocycles. The van der Waals surface area contributed by atoms with Gasteiger partial charge in [0.2, 0.25) is 0 Å². The zero-order valence-corrected chi connectivity index (χ0v) is 9.68.